The van der Waals surface area contributed by atoms with Crippen LogP contribution in [0, 0.1) is 0 Å². The van der Waals surface area contributed by atoms with Gasteiger partial charge >= 0.3 is 0 Å². The van der Waals surface area contributed by atoms with Crippen molar-refractivity contribution in [1.29, 1.82) is 0 Å². The number of thioether (sulfide) groups is 1. The van der Waals surface area contributed by atoms with Crippen molar-refractivity contribution in [2.75, 3.05) is 32.6 Å². The molecule has 1 aromatic carbocycles. The second-order valence-corrected chi connectivity index (χ2v) is 5.12. The number of ether oxygens (including phenoxy) is 1. The zero-order chi connectivity index (χ0) is 11.6. The third kappa shape index (κ3) is 6.38. The number of quaternary nitrogens is 1. The number of methoxy groups -OCH3 is 1. The molecular formula is C12H19ClNOS+. The van der Waals surface area contributed by atoms with Crippen molar-refractivity contribution in [3.63, 3.8) is 0 Å². The first kappa shape index (κ1) is 13.8. The summed E-state index contributed by atoms with van der Waals surface area (Å²) in [5.74, 6) is 1.16. The third-order valence-corrected chi connectivity index (χ3v) is 3.51. The molecule has 2 N–H and O–H groups in total. The number of rotatable bonds is 8. The van der Waals surface area contributed by atoms with Gasteiger partial charge in [0.1, 0.15) is 0 Å². The Hall–Kier alpha value is -0.220. The first-order valence-corrected chi connectivity index (χ1v) is 6.88. The van der Waals surface area contributed by atoms with Crippen molar-refractivity contribution in [1.82, 2.24) is 0 Å². The van der Waals surface area contributed by atoms with Crippen LogP contribution in [-0.2, 0) is 4.74 Å². The molecule has 0 amide bonds. The van der Waals surface area contributed by atoms with Crippen LogP contribution in [0.5, 0.6) is 0 Å². The second kappa shape index (κ2) is 8.88. The van der Waals surface area contributed by atoms with Crippen LogP contribution in [0.2, 0.25) is 5.02 Å². The summed E-state index contributed by atoms with van der Waals surface area (Å²) in [7, 11) is 1.74. The van der Waals surface area contributed by atoms with Crippen LogP contribution in [0.3, 0.4) is 0 Å². The smallest absolute Gasteiger partial charge is 0.0993 e. The van der Waals surface area contributed by atoms with Crippen molar-refractivity contribution in [3.8, 4) is 0 Å². The van der Waals surface area contributed by atoms with E-state index in [1.165, 1.54) is 17.9 Å². The van der Waals surface area contributed by atoms with Crippen molar-refractivity contribution < 1.29 is 10.1 Å². The molecule has 4 heteroatoms. The maximum Gasteiger partial charge on any atom is 0.0993 e. The van der Waals surface area contributed by atoms with Gasteiger partial charge in [-0.3, -0.25) is 0 Å². The molecule has 0 radical (unpaired) electrons. The van der Waals surface area contributed by atoms with Gasteiger partial charge in [-0.2, -0.15) is 0 Å². The first-order valence-electron chi connectivity index (χ1n) is 5.52. The Balaban J connectivity index is 2.01. The Bertz CT molecular complexity index is 279. The number of hydrogen-bond acceptors (Lipinski definition) is 2. The molecule has 0 bridgehead atoms. The molecule has 90 valence electrons. The Morgan fingerprint density at radius 3 is 2.69 bits per heavy atom. The molecule has 0 aliphatic heterocycles. The summed E-state index contributed by atoms with van der Waals surface area (Å²) in [5, 5.41) is 3.10. The minimum atomic E-state index is 0.803. The van der Waals surface area contributed by atoms with Crippen LogP contribution in [0.25, 0.3) is 0 Å². The van der Waals surface area contributed by atoms with Crippen LogP contribution in [0.4, 0.5) is 0 Å². The first-order chi connectivity index (χ1) is 7.83. The molecule has 0 unspecified atom stereocenters. The molecule has 1 rings (SSSR count). The van der Waals surface area contributed by atoms with E-state index in [0.717, 1.165) is 23.9 Å². The fraction of sp³-hybridized carbons (Fsp3) is 0.500. The lowest BCUT2D eigenvalue weighted by molar-refractivity contribution is -0.655. The average molecular weight is 261 g/mol. The lowest BCUT2D eigenvalue weighted by Gasteiger charge is -2.02. The summed E-state index contributed by atoms with van der Waals surface area (Å²) in [5.41, 5.74) is 0. The Morgan fingerprint density at radius 2 is 2.00 bits per heavy atom. The van der Waals surface area contributed by atoms with E-state index in [1.807, 2.05) is 23.9 Å². The van der Waals surface area contributed by atoms with Gasteiger partial charge in [-0.15, -0.1) is 11.8 Å². The summed E-state index contributed by atoms with van der Waals surface area (Å²) < 4.78 is 4.98. The van der Waals surface area contributed by atoms with Crippen LogP contribution in [0.1, 0.15) is 6.42 Å². The molecule has 0 fully saturated rings. The lowest BCUT2D eigenvalue weighted by Crippen LogP contribution is -2.85. The van der Waals surface area contributed by atoms with E-state index in [-0.39, 0.29) is 0 Å². The van der Waals surface area contributed by atoms with Crippen molar-refractivity contribution >= 4 is 23.4 Å². The van der Waals surface area contributed by atoms with E-state index < -0.39 is 0 Å². The molecule has 2 nitrogen and oxygen atoms in total. The normalized spacial score (nSPS) is 10.6. The van der Waals surface area contributed by atoms with Crippen molar-refractivity contribution in [3.05, 3.63) is 29.3 Å². The predicted molar refractivity (Wildman–Crippen MR) is 70.3 cm³/mol. The maximum atomic E-state index is 5.82. The summed E-state index contributed by atoms with van der Waals surface area (Å²) in [6.07, 6.45) is 1.22. The Labute approximate surface area is 107 Å². The number of hydrogen-bond donors (Lipinski definition) is 1. The van der Waals surface area contributed by atoms with E-state index in [0.29, 0.717) is 0 Å². The second-order valence-electron chi connectivity index (χ2n) is 3.51. The number of nitrogens with two attached hydrogens (primary N) is 1. The average Bonchev–Trinajstić information content (AvgIpc) is 2.30. The van der Waals surface area contributed by atoms with Crippen molar-refractivity contribution in [2.45, 2.75) is 11.3 Å². The summed E-state index contributed by atoms with van der Waals surface area (Å²) in [6.45, 7) is 3.07. The largest absolute Gasteiger partial charge is 0.379 e. The Morgan fingerprint density at radius 1 is 1.25 bits per heavy atom. The quantitative estimate of drug-likeness (QED) is 0.572. The molecule has 0 saturated carbocycles. The zero-order valence-corrected chi connectivity index (χ0v) is 11.2. The van der Waals surface area contributed by atoms with Crippen LogP contribution in [0.15, 0.2) is 29.2 Å². The van der Waals surface area contributed by atoms with E-state index in [9.17, 15) is 0 Å². The fourth-order valence-electron chi connectivity index (χ4n) is 1.29. The molecular weight excluding hydrogens is 242 g/mol. The SMILES string of the molecule is COCC[NH2+]CCCSc1ccc(Cl)cc1. The van der Waals surface area contributed by atoms with Crippen LogP contribution in [-0.4, -0.2) is 32.6 Å². The highest BCUT2D eigenvalue weighted by atomic mass is 35.5. The lowest BCUT2D eigenvalue weighted by atomic mass is 10.4. The molecule has 0 aliphatic carbocycles. The van der Waals surface area contributed by atoms with E-state index in [2.05, 4.69) is 17.4 Å². The topological polar surface area (TPSA) is 25.8 Å². The van der Waals surface area contributed by atoms with E-state index in [4.69, 9.17) is 16.3 Å². The van der Waals surface area contributed by atoms with Gasteiger partial charge in [-0.25, -0.2) is 0 Å². The highest BCUT2D eigenvalue weighted by molar-refractivity contribution is 7.99. The van der Waals surface area contributed by atoms with Gasteiger partial charge in [0.25, 0.3) is 0 Å². The predicted octanol–water partition coefficient (Wildman–Crippen LogP) is 2.03. The van der Waals surface area contributed by atoms with Gasteiger partial charge in [0.05, 0.1) is 19.7 Å². The van der Waals surface area contributed by atoms with Gasteiger partial charge < -0.3 is 10.1 Å². The van der Waals surface area contributed by atoms with Gasteiger partial charge in [0.2, 0.25) is 0 Å². The maximum absolute atomic E-state index is 5.82. The van der Waals surface area contributed by atoms with Gasteiger partial charge in [0.15, 0.2) is 0 Å². The molecule has 16 heavy (non-hydrogen) atoms. The molecule has 0 heterocycles. The highest BCUT2D eigenvalue weighted by Gasteiger charge is 1.95. The van der Waals surface area contributed by atoms with Crippen molar-refractivity contribution in [2.24, 2.45) is 0 Å². The van der Waals surface area contributed by atoms with Gasteiger partial charge in [-0.05, 0) is 24.3 Å². The summed E-state index contributed by atoms with van der Waals surface area (Å²) >= 11 is 7.70. The zero-order valence-electron chi connectivity index (χ0n) is 9.62. The molecule has 0 aliphatic rings. The van der Waals surface area contributed by atoms with E-state index >= 15 is 0 Å². The monoisotopic (exact) mass is 260 g/mol. The molecule has 1 aromatic rings. The molecule has 0 aromatic heterocycles. The molecule has 0 saturated heterocycles. The minimum absolute atomic E-state index is 0.803. The van der Waals surface area contributed by atoms with Crippen LogP contribution < -0.4 is 5.32 Å². The van der Waals surface area contributed by atoms with Gasteiger partial charge in [-0.1, -0.05) is 11.6 Å². The Kier molecular flexibility index (Phi) is 7.68. The molecule has 0 atom stereocenters. The van der Waals surface area contributed by atoms with Crippen LogP contribution >= 0.6 is 23.4 Å². The van der Waals surface area contributed by atoms with Gasteiger partial charge in [0, 0.05) is 29.2 Å². The number of benzene rings is 1. The third-order valence-electron chi connectivity index (χ3n) is 2.16. The number of halogens is 1. The molecule has 0 spiro atoms. The highest BCUT2D eigenvalue weighted by Crippen LogP contribution is 2.20. The minimum Gasteiger partial charge on any atom is -0.379 e. The standard InChI is InChI=1S/C12H18ClNOS/c1-15-9-8-14-7-2-10-16-12-5-3-11(13)4-6-12/h3-6,14H,2,7-10H2,1H3/p+1. The fourth-order valence-corrected chi connectivity index (χ4v) is 2.30. The van der Waals surface area contributed by atoms with E-state index in [1.54, 1.807) is 7.11 Å². The summed E-state index contributed by atoms with van der Waals surface area (Å²) in [4.78, 5) is 1.29. The summed E-state index contributed by atoms with van der Waals surface area (Å²) in [6, 6.07) is 8.02.